The zero-order valence-electron chi connectivity index (χ0n) is 13.3. The first-order valence-corrected chi connectivity index (χ1v) is 8.43. The minimum absolute atomic E-state index is 0.141. The molecule has 0 spiro atoms. The Labute approximate surface area is 147 Å². The van der Waals surface area contributed by atoms with Gasteiger partial charge in [0.25, 0.3) is 11.8 Å². The summed E-state index contributed by atoms with van der Waals surface area (Å²) in [5, 5.41) is 1.04. The first kappa shape index (κ1) is 15.5. The summed E-state index contributed by atoms with van der Waals surface area (Å²) < 4.78 is 11.5. The minimum atomic E-state index is -0.426. The number of hydrazine groups is 1. The Morgan fingerprint density at radius 1 is 1.00 bits per heavy atom. The third-order valence-corrected chi connectivity index (χ3v) is 5.25. The number of thiophene rings is 1. The molecule has 0 atom stereocenters. The molecule has 0 saturated heterocycles. The standard InChI is InChI=1S/C18H14N2O4S/c1-10-12-4-2-3-5-15(12)25-16(10)18(22)20-19-17(21)11-6-7-13-14(8-11)24-9-23-13/h2-8H,9H2,1H3,(H,19,21)(H,20,22). The van der Waals surface area contributed by atoms with E-state index in [2.05, 4.69) is 10.9 Å². The molecule has 126 valence electrons. The van der Waals surface area contributed by atoms with Gasteiger partial charge in [-0.05, 0) is 42.1 Å². The molecule has 1 aliphatic rings. The molecular formula is C18H14N2O4S. The molecule has 4 rings (SSSR count). The highest BCUT2D eigenvalue weighted by Gasteiger charge is 2.18. The number of nitrogens with one attached hydrogen (secondary N) is 2. The van der Waals surface area contributed by atoms with Crippen molar-refractivity contribution in [3.05, 3.63) is 58.5 Å². The molecular weight excluding hydrogens is 340 g/mol. The highest BCUT2D eigenvalue weighted by molar-refractivity contribution is 7.21. The third kappa shape index (κ3) is 2.78. The van der Waals surface area contributed by atoms with E-state index in [0.29, 0.717) is 21.9 Å². The highest BCUT2D eigenvalue weighted by atomic mass is 32.1. The lowest BCUT2D eigenvalue weighted by atomic mass is 10.1. The van der Waals surface area contributed by atoms with Crippen molar-refractivity contribution in [3.8, 4) is 11.5 Å². The first-order chi connectivity index (χ1) is 12.1. The normalized spacial score (nSPS) is 12.2. The Kier molecular flexibility index (Phi) is 3.77. The van der Waals surface area contributed by atoms with Crippen molar-refractivity contribution < 1.29 is 19.1 Å². The summed E-state index contributed by atoms with van der Waals surface area (Å²) in [4.78, 5) is 25.2. The molecule has 2 amide bonds. The SMILES string of the molecule is Cc1c(C(=O)NNC(=O)c2ccc3c(c2)OCO3)sc2ccccc12. The zero-order valence-corrected chi connectivity index (χ0v) is 14.1. The fraction of sp³-hybridized carbons (Fsp3) is 0.111. The van der Waals surface area contributed by atoms with Crippen molar-refractivity contribution in [2.75, 3.05) is 6.79 Å². The van der Waals surface area contributed by atoms with Gasteiger partial charge in [-0.25, -0.2) is 0 Å². The molecule has 0 fully saturated rings. The van der Waals surface area contributed by atoms with Gasteiger partial charge in [0.15, 0.2) is 11.5 Å². The second-order valence-electron chi connectivity index (χ2n) is 5.53. The fourth-order valence-electron chi connectivity index (χ4n) is 2.67. The van der Waals surface area contributed by atoms with E-state index in [-0.39, 0.29) is 12.7 Å². The lowest BCUT2D eigenvalue weighted by Gasteiger charge is -2.07. The molecule has 0 radical (unpaired) electrons. The molecule has 6 nitrogen and oxygen atoms in total. The summed E-state index contributed by atoms with van der Waals surface area (Å²) in [6.07, 6.45) is 0. The smallest absolute Gasteiger partial charge is 0.280 e. The van der Waals surface area contributed by atoms with Gasteiger partial charge < -0.3 is 9.47 Å². The number of ether oxygens (including phenoxy) is 2. The van der Waals surface area contributed by atoms with E-state index in [1.54, 1.807) is 18.2 Å². The Bertz CT molecular complexity index is 996. The molecule has 0 aliphatic carbocycles. The lowest BCUT2D eigenvalue weighted by molar-refractivity contribution is 0.0848. The molecule has 0 bridgehead atoms. The molecule has 7 heteroatoms. The van der Waals surface area contributed by atoms with Gasteiger partial charge in [0.2, 0.25) is 6.79 Å². The van der Waals surface area contributed by atoms with Crippen LogP contribution in [0.1, 0.15) is 25.6 Å². The summed E-state index contributed by atoms with van der Waals surface area (Å²) in [7, 11) is 0. The van der Waals surface area contributed by atoms with Crippen LogP contribution in [-0.2, 0) is 0 Å². The number of hydrogen-bond donors (Lipinski definition) is 2. The average molecular weight is 354 g/mol. The first-order valence-electron chi connectivity index (χ1n) is 7.62. The van der Waals surface area contributed by atoms with Crippen molar-refractivity contribution in [2.45, 2.75) is 6.92 Å². The van der Waals surface area contributed by atoms with Crippen LogP contribution < -0.4 is 20.3 Å². The van der Waals surface area contributed by atoms with E-state index in [0.717, 1.165) is 15.6 Å². The second-order valence-corrected chi connectivity index (χ2v) is 6.58. The average Bonchev–Trinajstić information content (AvgIpc) is 3.23. The van der Waals surface area contributed by atoms with Crippen LogP contribution in [0, 0.1) is 6.92 Å². The van der Waals surface area contributed by atoms with E-state index < -0.39 is 5.91 Å². The Morgan fingerprint density at radius 3 is 2.60 bits per heavy atom. The molecule has 2 aromatic carbocycles. The maximum absolute atomic E-state index is 12.4. The van der Waals surface area contributed by atoms with Crippen molar-refractivity contribution in [1.29, 1.82) is 0 Å². The van der Waals surface area contributed by atoms with Gasteiger partial charge in [0, 0.05) is 10.3 Å². The number of hydrogen-bond acceptors (Lipinski definition) is 5. The van der Waals surface area contributed by atoms with Crippen LogP contribution in [0.4, 0.5) is 0 Å². The van der Waals surface area contributed by atoms with E-state index in [9.17, 15) is 9.59 Å². The van der Waals surface area contributed by atoms with Crippen molar-refractivity contribution in [2.24, 2.45) is 0 Å². The molecule has 25 heavy (non-hydrogen) atoms. The molecule has 2 N–H and O–H groups in total. The summed E-state index contributed by atoms with van der Waals surface area (Å²) in [5.74, 6) is 0.346. The number of carbonyl (C=O) groups excluding carboxylic acids is 2. The fourth-order valence-corrected chi connectivity index (χ4v) is 3.78. The van der Waals surface area contributed by atoms with Gasteiger partial charge in [0.1, 0.15) is 0 Å². The van der Waals surface area contributed by atoms with Gasteiger partial charge >= 0.3 is 0 Å². The van der Waals surface area contributed by atoms with E-state index >= 15 is 0 Å². The number of aryl methyl sites for hydroxylation is 1. The molecule has 1 aliphatic heterocycles. The third-order valence-electron chi connectivity index (χ3n) is 3.97. The van der Waals surface area contributed by atoms with Crippen LogP contribution in [-0.4, -0.2) is 18.6 Å². The summed E-state index contributed by atoms with van der Waals surface area (Å²) in [5.41, 5.74) is 6.17. The van der Waals surface area contributed by atoms with Crippen LogP contribution in [0.25, 0.3) is 10.1 Å². The number of amides is 2. The molecule has 0 saturated carbocycles. The second kappa shape index (κ2) is 6.10. The van der Waals surface area contributed by atoms with E-state index in [1.165, 1.54) is 11.3 Å². The monoisotopic (exact) mass is 354 g/mol. The molecule has 2 heterocycles. The van der Waals surface area contributed by atoms with Crippen molar-refractivity contribution >= 4 is 33.2 Å². The summed E-state index contributed by atoms with van der Waals surface area (Å²) in [6.45, 7) is 2.04. The largest absolute Gasteiger partial charge is 0.454 e. The highest BCUT2D eigenvalue weighted by Crippen LogP contribution is 2.32. The van der Waals surface area contributed by atoms with E-state index in [4.69, 9.17) is 9.47 Å². The summed E-state index contributed by atoms with van der Waals surface area (Å²) in [6, 6.07) is 12.7. The van der Waals surface area contributed by atoms with Crippen LogP contribution in [0.2, 0.25) is 0 Å². The summed E-state index contributed by atoms with van der Waals surface area (Å²) >= 11 is 1.40. The van der Waals surface area contributed by atoms with Crippen LogP contribution in [0.15, 0.2) is 42.5 Å². The molecule has 1 aromatic heterocycles. The maximum atomic E-state index is 12.4. The Morgan fingerprint density at radius 2 is 1.76 bits per heavy atom. The Balaban J connectivity index is 1.47. The lowest BCUT2D eigenvalue weighted by Crippen LogP contribution is -2.41. The number of carbonyl (C=O) groups is 2. The number of rotatable bonds is 2. The topological polar surface area (TPSA) is 76.7 Å². The quantitative estimate of drug-likeness (QED) is 0.694. The van der Waals surface area contributed by atoms with Gasteiger partial charge in [-0.3, -0.25) is 20.4 Å². The number of fused-ring (bicyclic) bond motifs is 2. The molecule has 3 aromatic rings. The minimum Gasteiger partial charge on any atom is -0.454 e. The predicted octanol–water partition coefficient (Wildman–Crippen LogP) is 3.01. The van der Waals surface area contributed by atoms with Crippen molar-refractivity contribution in [1.82, 2.24) is 10.9 Å². The van der Waals surface area contributed by atoms with Crippen LogP contribution >= 0.6 is 11.3 Å². The van der Waals surface area contributed by atoms with Crippen LogP contribution in [0.3, 0.4) is 0 Å². The number of benzene rings is 2. The van der Waals surface area contributed by atoms with Gasteiger partial charge in [-0.1, -0.05) is 18.2 Å². The predicted molar refractivity (Wildman–Crippen MR) is 94.1 cm³/mol. The zero-order chi connectivity index (χ0) is 17.4. The maximum Gasteiger partial charge on any atom is 0.280 e. The van der Waals surface area contributed by atoms with E-state index in [1.807, 2.05) is 31.2 Å². The van der Waals surface area contributed by atoms with Gasteiger partial charge in [-0.2, -0.15) is 0 Å². The van der Waals surface area contributed by atoms with Gasteiger partial charge in [-0.15, -0.1) is 11.3 Å². The molecule has 0 unspecified atom stereocenters. The van der Waals surface area contributed by atoms with Crippen LogP contribution in [0.5, 0.6) is 11.5 Å². The Hall–Kier alpha value is -3.06. The van der Waals surface area contributed by atoms with Crippen molar-refractivity contribution in [3.63, 3.8) is 0 Å². The van der Waals surface area contributed by atoms with Gasteiger partial charge in [0.05, 0.1) is 4.88 Å².